The number of hydrogen-bond acceptors (Lipinski definition) is 8. The van der Waals surface area contributed by atoms with Gasteiger partial charge in [-0.2, -0.15) is 0 Å². The molecule has 0 saturated carbocycles. The number of amides is 2. The first-order valence-corrected chi connectivity index (χ1v) is 15.1. The van der Waals surface area contributed by atoms with Crippen molar-refractivity contribution < 1.29 is 39.2 Å². The zero-order valence-corrected chi connectivity index (χ0v) is 26.3. The number of halogens is 1. The second kappa shape index (κ2) is 17.8. The molecule has 1 aliphatic rings. The molecule has 1 fully saturated rings. The van der Waals surface area contributed by atoms with Gasteiger partial charge in [-0.3, -0.25) is 14.9 Å². The van der Waals surface area contributed by atoms with Crippen LogP contribution in [0.5, 0.6) is 0 Å². The molecule has 4 N–H and O–H groups in total. The Balaban J connectivity index is 2.82. The van der Waals surface area contributed by atoms with E-state index in [0.717, 1.165) is 6.42 Å². The predicted octanol–water partition coefficient (Wildman–Crippen LogP) is 4.61. The molecule has 0 spiro atoms. The molecule has 1 saturated heterocycles. The fourth-order valence-corrected chi connectivity index (χ4v) is 4.57. The Labute approximate surface area is 250 Å². The third-order valence-corrected chi connectivity index (χ3v) is 7.84. The molecular formula is C31H50ClNO8. The number of nitrogens with one attached hydrogen (secondary N) is 1. The summed E-state index contributed by atoms with van der Waals surface area (Å²) in [5.41, 5.74) is -1.04. The van der Waals surface area contributed by atoms with Crippen LogP contribution in [0.3, 0.4) is 0 Å². The van der Waals surface area contributed by atoms with Crippen LogP contribution in [0.4, 0.5) is 4.79 Å². The van der Waals surface area contributed by atoms with Gasteiger partial charge in [0.25, 0.3) is 0 Å². The van der Waals surface area contributed by atoms with E-state index in [1.54, 1.807) is 26.0 Å². The molecule has 0 radical (unpaired) electrons. The number of carbonyl (C=O) groups is 3. The number of imide groups is 1. The van der Waals surface area contributed by atoms with Crippen LogP contribution < -0.4 is 5.32 Å². The molecule has 1 heterocycles. The summed E-state index contributed by atoms with van der Waals surface area (Å²) in [4.78, 5) is 36.6. The number of ketones is 1. The summed E-state index contributed by atoms with van der Waals surface area (Å²) in [7, 11) is 0. The zero-order valence-electron chi connectivity index (χ0n) is 25.5. The second-order valence-electron chi connectivity index (χ2n) is 11.4. The second-order valence-corrected chi connectivity index (χ2v) is 11.7. The molecule has 1 aliphatic heterocycles. The average molecular weight is 600 g/mol. The van der Waals surface area contributed by atoms with Gasteiger partial charge in [-0.05, 0) is 63.5 Å². The molecule has 2 amide bonds. The zero-order chi connectivity index (χ0) is 31.3. The van der Waals surface area contributed by atoms with Crippen LogP contribution in [0.25, 0.3) is 0 Å². The van der Waals surface area contributed by atoms with E-state index in [1.807, 2.05) is 38.2 Å². The molecule has 0 aliphatic carbocycles. The Morgan fingerprint density at radius 2 is 1.76 bits per heavy atom. The third-order valence-electron chi connectivity index (χ3n) is 7.60. The van der Waals surface area contributed by atoms with Crippen LogP contribution in [-0.2, 0) is 19.1 Å². The summed E-state index contributed by atoms with van der Waals surface area (Å²) in [6.07, 6.45) is 8.00. The van der Waals surface area contributed by atoms with Crippen LogP contribution in [0.1, 0.15) is 80.6 Å². The van der Waals surface area contributed by atoms with Gasteiger partial charge in [0.05, 0.1) is 24.4 Å². The first kappa shape index (κ1) is 37.0. The highest BCUT2D eigenvalue weighted by molar-refractivity contribution is 6.28. The monoisotopic (exact) mass is 599 g/mol. The largest absolute Gasteiger partial charge is 0.439 e. The van der Waals surface area contributed by atoms with Gasteiger partial charge >= 0.3 is 6.09 Å². The standard InChI is InChI=1S/C31H50ClNO8/c1-8-23(34)15-16-31(7,39)26(41-30(38)33-27(36)18-32)14-13-21(5)28(37)20(4)12-10-11-19(3)17-25-29(40-25)22(6)24(35)9-2/h10-14,19,21-26,29,34-35,39H,8-9,15-18H2,1-7H3,(H,33,36,38)/b11-10+,14-13+,20-12+. The lowest BCUT2D eigenvalue weighted by Gasteiger charge is -2.31. The van der Waals surface area contributed by atoms with Crippen LogP contribution in [0.15, 0.2) is 36.0 Å². The highest BCUT2D eigenvalue weighted by atomic mass is 35.5. The van der Waals surface area contributed by atoms with Crippen molar-refractivity contribution in [2.75, 3.05) is 5.88 Å². The Kier molecular flexibility index (Phi) is 16.1. The van der Waals surface area contributed by atoms with Crippen LogP contribution >= 0.6 is 11.6 Å². The average Bonchev–Trinajstić information content (AvgIpc) is 3.70. The number of Topliss-reactive ketones (excluding diaryl/α,β-unsaturated/α-hetero) is 1. The quantitative estimate of drug-likeness (QED) is 0.0587. The van der Waals surface area contributed by atoms with Crippen molar-refractivity contribution in [2.45, 2.75) is 117 Å². The fourth-order valence-electron chi connectivity index (χ4n) is 4.50. The van der Waals surface area contributed by atoms with E-state index >= 15 is 0 Å². The number of aliphatic hydroxyl groups is 3. The molecule has 1 rings (SSSR count). The van der Waals surface area contributed by atoms with E-state index in [2.05, 4.69) is 6.92 Å². The van der Waals surface area contributed by atoms with Gasteiger partial charge in [-0.15, -0.1) is 11.6 Å². The highest BCUT2D eigenvalue weighted by Gasteiger charge is 2.44. The summed E-state index contributed by atoms with van der Waals surface area (Å²) < 4.78 is 11.1. The van der Waals surface area contributed by atoms with Gasteiger partial charge in [-0.1, -0.05) is 58.9 Å². The lowest BCUT2D eigenvalue weighted by molar-refractivity contribution is -0.119. The minimum absolute atomic E-state index is 0.0875. The summed E-state index contributed by atoms with van der Waals surface area (Å²) in [5.74, 6) is -1.57. The number of alkyl halides is 1. The number of rotatable bonds is 18. The van der Waals surface area contributed by atoms with E-state index in [-0.39, 0.29) is 48.8 Å². The van der Waals surface area contributed by atoms with Crippen molar-refractivity contribution in [1.29, 1.82) is 0 Å². The van der Waals surface area contributed by atoms with Gasteiger partial charge < -0.3 is 24.8 Å². The van der Waals surface area contributed by atoms with Gasteiger partial charge in [0.15, 0.2) is 11.9 Å². The summed E-state index contributed by atoms with van der Waals surface area (Å²) >= 11 is 5.43. The maximum absolute atomic E-state index is 13.0. The summed E-state index contributed by atoms with van der Waals surface area (Å²) in [5, 5.41) is 33.0. The van der Waals surface area contributed by atoms with Crippen molar-refractivity contribution in [3.63, 3.8) is 0 Å². The van der Waals surface area contributed by atoms with Gasteiger partial charge in [0.2, 0.25) is 5.91 Å². The predicted molar refractivity (Wildman–Crippen MR) is 159 cm³/mol. The molecule has 9 nitrogen and oxygen atoms in total. The fraction of sp³-hybridized carbons (Fsp3) is 0.710. The number of alkyl carbamates (subject to hydrolysis) is 1. The Bertz CT molecular complexity index is 946. The topological polar surface area (TPSA) is 146 Å². The minimum atomic E-state index is -1.57. The SMILES string of the molecule is CCC(O)CCC(C)(O)C(/C=C/C(C)C(=O)/C(C)=C/C=C/C(C)CC1OC1C(C)C(O)CC)OC(=O)NC(=O)CCl. The van der Waals surface area contributed by atoms with Crippen molar-refractivity contribution in [1.82, 2.24) is 5.32 Å². The van der Waals surface area contributed by atoms with Gasteiger partial charge in [-0.25, -0.2) is 4.79 Å². The summed E-state index contributed by atoms with van der Waals surface area (Å²) in [6.45, 7) is 12.7. The lowest BCUT2D eigenvalue weighted by Crippen LogP contribution is -2.45. The van der Waals surface area contributed by atoms with Gasteiger partial charge in [0, 0.05) is 11.8 Å². The lowest BCUT2D eigenvalue weighted by atomic mass is 9.89. The first-order chi connectivity index (χ1) is 19.2. The molecule has 9 unspecified atom stereocenters. The number of aliphatic hydroxyl groups excluding tert-OH is 2. The van der Waals surface area contributed by atoms with Crippen LogP contribution in [0.2, 0.25) is 0 Å². The normalized spacial score (nSPS) is 23.3. The molecule has 0 aromatic rings. The van der Waals surface area contributed by atoms with Gasteiger partial charge in [0.1, 0.15) is 11.5 Å². The summed E-state index contributed by atoms with van der Waals surface area (Å²) in [6, 6.07) is 0. The van der Waals surface area contributed by atoms with E-state index in [4.69, 9.17) is 21.1 Å². The van der Waals surface area contributed by atoms with E-state index in [1.165, 1.54) is 13.0 Å². The van der Waals surface area contributed by atoms with Crippen molar-refractivity contribution in [3.05, 3.63) is 36.0 Å². The Morgan fingerprint density at radius 1 is 1.10 bits per heavy atom. The minimum Gasteiger partial charge on any atom is -0.439 e. The van der Waals surface area contributed by atoms with Crippen molar-refractivity contribution in [3.8, 4) is 0 Å². The van der Waals surface area contributed by atoms with E-state index < -0.39 is 41.6 Å². The van der Waals surface area contributed by atoms with E-state index in [0.29, 0.717) is 18.4 Å². The molecular weight excluding hydrogens is 550 g/mol. The van der Waals surface area contributed by atoms with E-state index in [9.17, 15) is 29.7 Å². The molecule has 0 aromatic carbocycles. The maximum Gasteiger partial charge on any atom is 0.414 e. The molecule has 41 heavy (non-hydrogen) atoms. The first-order valence-electron chi connectivity index (χ1n) is 14.5. The smallest absolute Gasteiger partial charge is 0.414 e. The van der Waals surface area contributed by atoms with Crippen LogP contribution in [-0.4, -0.2) is 75.1 Å². The number of allylic oxidation sites excluding steroid dienone is 5. The molecule has 0 aromatic heterocycles. The van der Waals surface area contributed by atoms with Crippen molar-refractivity contribution in [2.24, 2.45) is 17.8 Å². The number of ether oxygens (including phenoxy) is 2. The van der Waals surface area contributed by atoms with Crippen LogP contribution in [0, 0.1) is 17.8 Å². The number of hydrogen-bond donors (Lipinski definition) is 4. The highest BCUT2D eigenvalue weighted by Crippen LogP contribution is 2.36. The molecule has 9 atom stereocenters. The Hall–Kier alpha value is -2.04. The molecule has 0 bridgehead atoms. The molecule has 10 heteroatoms. The molecule has 234 valence electrons. The Morgan fingerprint density at radius 3 is 2.34 bits per heavy atom. The number of epoxide rings is 1. The third kappa shape index (κ3) is 13.2. The van der Waals surface area contributed by atoms with Crippen molar-refractivity contribution >= 4 is 29.4 Å². The maximum atomic E-state index is 13.0. The number of carbonyl (C=O) groups excluding carboxylic acids is 3.